The molecule has 0 heterocycles. The highest BCUT2D eigenvalue weighted by atomic mass is 79.9. The summed E-state index contributed by atoms with van der Waals surface area (Å²) in [6.07, 6.45) is 5.21. The van der Waals surface area contributed by atoms with Crippen LogP contribution < -0.4 is 0 Å². The fourth-order valence-electron chi connectivity index (χ4n) is 1.21. The predicted molar refractivity (Wildman–Crippen MR) is 78.2 cm³/mol. The lowest BCUT2D eigenvalue weighted by Crippen LogP contribution is -2.32. The maximum Gasteiger partial charge on any atom is 0.209 e. The van der Waals surface area contributed by atoms with Gasteiger partial charge < -0.3 is 9.47 Å². The number of allylic oxidation sites excluding steroid dienone is 2. The van der Waals surface area contributed by atoms with Crippen molar-refractivity contribution in [2.45, 2.75) is 31.3 Å². The Kier molecular flexibility index (Phi) is 5.05. The van der Waals surface area contributed by atoms with E-state index in [4.69, 9.17) is 9.47 Å². The standard InChI is InChI=1S/C12H18BrNO3S/c1-11(2,3)18(15)14-10-6-7-12(16-4,17-5)8-9(10)13/h6-8H,1-5H3/b14-10-. The number of hydrogen-bond acceptors (Lipinski definition) is 3. The van der Waals surface area contributed by atoms with Crippen LogP contribution in [0.25, 0.3) is 0 Å². The molecule has 0 aromatic heterocycles. The molecule has 6 heteroatoms. The molecule has 0 amide bonds. The summed E-state index contributed by atoms with van der Waals surface area (Å²) in [5, 5.41) is 0. The third kappa shape index (κ3) is 3.60. The second kappa shape index (κ2) is 5.77. The first kappa shape index (κ1) is 15.8. The molecule has 0 aromatic rings. The first-order chi connectivity index (χ1) is 8.24. The molecule has 0 aromatic carbocycles. The zero-order valence-electron chi connectivity index (χ0n) is 11.2. The molecule has 0 saturated carbocycles. The largest absolute Gasteiger partial charge is 0.346 e. The highest BCUT2D eigenvalue weighted by Gasteiger charge is 2.29. The van der Waals surface area contributed by atoms with Crippen molar-refractivity contribution in [3.05, 3.63) is 22.7 Å². The number of nitrogens with zero attached hydrogens (tertiary/aromatic N) is 1. The van der Waals surface area contributed by atoms with Crippen molar-refractivity contribution >= 4 is 32.6 Å². The fourth-order valence-corrected chi connectivity index (χ4v) is 2.48. The van der Waals surface area contributed by atoms with Gasteiger partial charge >= 0.3 is 0 Å². The van der Waals surface area contributed by atoms with Crippen LogP contribution in [0.5, 0.6) is 0 Å². The molecule has 1 rings (SSSR count). The average Bonchev–Trinajstić information content (AvgIpc) is 2.30. The molecule has 1 atom stereocenters. The second-order valence-corrected chi connectivity index (χ2v) is 7.55. The number of hydrogen-bond donors (Lipinski definition) is 0. The van der Waals surface area contributed by atoms with Crippen molar-refractivity contribution in [2.75, 3.05) is 14.2 Å². The van der Waals surface area contributed by atoms with E-state index in [1.165, 1.54) is 0 Å². The molecule has 4 nitrogen and oxygen atoms in total. The van der Waals surface area contributed by atoms with E-state index in [1.807, 2.05) is 20.8 Å². The highest BCUT2D eigenvalue weighted by Crippen LogP contribution is 2.27. The van der Waals surface area contributed by atoms with Crippen molar-refractivity contribution in [3.63, 3.8) is 0 Å². The van der Waals surface area contributed by atoms with Gasteiger partial charge in [-0.25, -0.2) is 4.21 Å². The van der Waals surface area contributed by atoms with Crippen LogP contribution in [0.2, 0.25) is 0 Å². The number of methoxy groups -OCH3 is 2. The molecule has 0 aliphatic heterocycles. The first-order valence-corrected chi connectivity index (χ1v) is 7.33. The molecule has 0 fully saturated rings. The van der Waals surface area contributed by atoms with Crippen LogP contribution >= 0.6 is 15.9 Å². The van der Waals surface area contributed by atoms with Crippen LogP contribution in [0.3, 0.4) is 0 Å². The van der Waals surface area contributed by atoms with Gasteiger partial charge in [0.05, 0.1) is 10.5 Å². The van der Waals surface area contributed by atoms with Crippen LogP contribution in [0.15, 0.2) is 27.1 Å². The minimum atomic E-state index is -1.30. The van der Waals surface area contributed by atoms with E-state index in [-0.39, 0.29) is 4.75 Å². The number of rotatable bonds is 3. The summed E-state index contributed by atoms with van der Waals surface area (Å²) in [7, 11) is 1.81. The predicted octanol–water partition coefficient (Wildman–Crippen LogP) is 2.73. The van der Waals surface area contributed by atoms with Gasteiger partial charge in [-0.15, -0.1) is 0 Å². The Bertz CT molecular complexity index is 431. The lowest BCUT2D eigenvalue weighted by Gasteiger charge is -2.27. The van der Waals surface area contributed by atoms with Crippen molar-refractivity contribution in [1.82, 2.24) is 0 Å². The summed E-state index contributed by atoms with van der Waals surface area (Å²) in [5.41, 5.74) is 0.619. The first-order valence-electron chi connectivity index (χ1n) is 5.43. The van der Waals surface area contributed by atoms with Crippen molar-refractivity contribution in [2.24, 2.45) is 4.40 Å². The smallest absolute Gasteiger partial charge is 0.209 e. The molecule has 0 bridgehead atoms. The Balaban J connectivity index is 3.03. The quantitative estimate of drug-likeness (QED) is 0.745. The minimum absolute atomic E-state index is 0.384. The Morgan fingerprint density at radius 2 is 1.89 bits per heavy atom. The van der Waals surface area contributed by atoms with Gasteiger partial charge in [-0.1, -0.05) is 0 Å². The zero-order chi connectivity index (χ0) is 14.0. The lowest BCUT2D eigenvalue weighted by atomic mass is 10.1. The van der Waals surface area contributed by atoms with Gasteiger partial charge in [0, 0.05) is 18.7 Å². The summed E-state index contributed by atoms with van der Waals surface area (Å²) < 4.78 is 27.0. The molecular weight excluding hydrogens is 318 g/mol. The van der Waals surface area contributed by atoms with Gasteiger partial charge in [0.1, 0.15) is 11.0 Å². The molecule has 1 aliphatic carbocycles. The maximum atomic E-state index is 12.0. The van der Waals surface area contributed by atoms with E-state index in [2.05, 4.69) is 20.3 Å². The van der Waals surface area contributed by atoms with Gasteiger partial charge in [0.2, 0.25) is 5.79 Å². The zero-order valence-corrected chi connectivity index (χ0v) is 13.6. The van der Waals surface area contributed by atoms with Crippen molar-refractivity contribution in [1.29, 1.82) is 0 Å². The summed E-state index contributed by atoms with van der Waals surface area (Å²) in [5.74, 6) is -0.888. The van der Waals surface area contributed by atoms with E-state index >= 15 is 0 Å². The number of halogens is 1. The average molecular weight is 336 g/mol. The fraction of sp³-hybridized carbons (Fsp3) is 0.583. The van der Waals surface area contributed by atoms with E-state index in [0.717, 1.165) is 0 Å². The molecule has 1 unspecified atom stereocenters. The third-order valence-corrected chi connectivity index (χ3v) is 4.43. The lowest BCUT2D eigenvalue weighted by molar-refractivity contribution is -0.133. The SMILES string of the molecule is COC1(OC)C=C/C(=N/S(=O)C(C)(C)C)C(Br)=C1. The summed E-state index contributed by atoms with van der Waals surface area (Å²) in [6, 6.07) is 0. The van der Waals surface area contributed by atoms with E-state index in [9.17, 15) is 4.21 Å². The second-order valence-electron chi connectivity index (χ2n) is 4.79. The summed E-state index contributed by atoms with van der Waals surface area (Å²) in [4.78, 5) is 0. The van der Waals surface area contributed by atoms with Gasteiger partial charge in [-0.2, -0.15) is 4.40 Å². The Morgan fingerprint density at radius 3 is 2.28 bits per heavy atom. The Hall–Kier alpha value is -0.300. The molecule has 0 N–H and O–H groups in total. The van der Waals surface area contributed by atoms with E-state index in [1.54, 1.807) is 32.4 Å². The van der Waals surface area contributed by atoms with Gasteiger partial charge in [-0.3, -0.25) is 0 Å². The third-order valence-electron chi connectivity index (χ3n) is 2.39. The molecule has 1 aliphatic rings. The van der Waals surface area contributed by atoms with Crippen LogP contribution in [-0.2, 0) is 20.5 Å². The summed E-state index contributed by atoms with van der Waals surface area (Å²) in [6.45, 7) is 5.64. The van der Waals surface area contributed by atoms with Gasteiger partial charge in [0.15, 0.2) is 0 Å². The normalized spacial score (nSPS) is 23.0. The monoisotopic (exact) mass is 335 g/mol. The molecule has 18 heavy (non-hydrogen) atoms. The molecule has 102 valence electrons. The Labute approximate surface area is 119 Å². The number of ether oxygens (including phenoxy) is 2. The topological polar surface area (TPSA) is 47.9 Å². The van der Waals surface area contributed by atoms with E-state index < -0.39 is 16.8 Å². The van der Waals surface area contributed by atoms with Crippen LogP contribution in [-0.4, -0.2) is 34.7 Å². The van der Waals surface area contributed by atoms with E-state index in [0.29, 0.717) is 10.2 Å². The Morgan fingerprint density at radius 1 is 1.33 bits per heavy atom. The molecule has 0 saturated heterocycles. The summed E-state index contributed by atoms with van der Waals surface area (Å²) >= 11 is 3.39. The minimum Gasteiger partial charge on any atom is -0.346 e. The van der Waals surface area contributed by atoms with Gasteiger partial charge in [0.25, 0.3) is 0 Å². The van der Waals surface area contributed by atoms with Gasteiger partial charge in [-0.05, 0) is 54.9 Å². The highest BCUT2D eigenvalue weighted by molar-refractivity contribution is 9.12. The molecule has 0 radical (unpaired) electrons. The van der Waals surface area contributed by atoms with Crippen molar-refractivity contribution < 1.29 is 13.7 Å². The van der Waals surface area contributed by atoms with Crippen molar-refractivity contribution in [3.8, 4) is 0 Å². The molecule has 0 spiro atoms. The van der Waals surface area contributed by atoms with Crippen LogP contribution in [0, 0.1) is 0 Å². The van der Waals surface area contributed by atoms with Crippen LogP contribution in [0.1, 0.15) is 20.8 Å². The maximum absolute atomic E-state index is 12.0. The molecular formula is C12H18BrNO3S. The van der Waals surface area contributed by atoms with Crippen LogP contribution in [0.4, 0.5) is 0 Å².